The second-order valence-corrected chi connectivity index (χ2v) is 5.89. The molecule has 1 heterocycles. The van der Waals surface area contributed by atoms with Crippen LogP contribution < -0.4 is 5.32 Å². The van der Waals surface area contributed by atoms with E-state index in [1.165, 1.54) is 11.6 Å². The lowest BCUT2D eigenvalue weighted by atomic mass is 10.1. The highest BCUT2D eigenvalue weighted by atomic mass is 32.2. The molecular formula is C16H15FN2S. The average Bonchev–Trinajstić information content (AvgIpc) is 2.93. The van der Waals surface area contributed by atoms with E-state index in [9.17, 15) is 4.39 Å². The van der Waals surface area contributed by atoms with Gasteiger partial charge in [0.05, 0.1) is 11.8 Å². The highest BCUT2D eigenvalue weighted by molar-refractivity contribution is 8.14. The lowest BCUT2D eigenvalue weighted by Crippen LogP contribution is -2.07. The molecule has 0 amide bonds. The van der Waals surface area contributed by atoms with Gasteiger partial charge in [0.2, 0.25) is 0 Å². The number of benzene rings is 2. The predicted molar refractivity (Wildman–Crippen MR) is 83.8 cm³/mol. The zero-order valence-electron chi connectivity index (χ0n) is 11.1. The molecule has 1 unspecified atom stereocenters. The zero-order valence-corrected chi connectivity index (χ0v) is 12.0. The number of anilines is 1. The van der Waals surface area contributed by atoms with Crippen molar-refractivity contribution in [1.29, 1.82) is 0 Å². The molecule has 1 aliphatic heterocycles. The Bertz CT molecular complexity index is 640. The molecule has 0 saturated carbocycles. The maximum Gasteiger partial charge on any atom is 0.161 e. The molecule has 2 nitrogen and oxygen atoms in total. The van der Waals surface area contributed by atoms with Crippen molar-refractivity contribution in [3.05, 3.63) is 65.5 Å². The summed E-state index contributed by atoms with van der Waals surface area (Å²) >= 11 is 1.69. The SMILES string of the molecule is Cc1c(F)cccc1NC1=NCC(c2ccccc2)S1. The standard InChI is InChI=1S/C16H15FN2S/c1-11-13(17)8-5-9-14(11)19-16-18-10-15(20-16)12-6-3-2-4-7-12/h2-9,15H,10H2,1H3,(H,18,19). The maximum absolute atomic E-state index is 13.5. The summed E-state index contributed by atoms with van der Waals surface area (Å²) in [6.45, 7) is 2.53. The van der Waals surface area contributed by atoms with Gasteiger partial charge in [-0.15, -0.1) is 0 Å². The van der Waals surface area contributed by atoms with E-state index < -0.39 is 0 Å². The number of hydrogen-bond acceptors (Lipinski definition) is 3. The number of hydrogen-bond donors (Lipinski definition) is 1. The molecule has 0 spiro atoms. The van der Waals surface area contributed by atoms with Crippen LogP contribution >= 0.6 is 11.8 Å². The number of amidine groups is 1. The quantitative estimate of drug-likeness (QED) is 0.885. The Hall–Kier alpha value is -1.81. The topological polar surface area (TPSA) is 24.4 Å². The van der Waals surface area contributed by atoms with Crippen LogP contribution in [0.3, 0.4) is 0 Å². The first-order valence-electron chi connectivity index (χ1n) is 6.52. The van der Waals surface area contributed by atoms with E-state index in [0.717, 1.165) is 17.4 Å². The highest BCUT2D eigenvalue weighted by Crippen LogP contribution is 2.35. The number of thioether (sulfide) groups is 1. The van der Waals surface area contributed by atoms with Crippen molar-refractivity contribution in [1.82, 2.24) is 0 Å². The van der Waals surface area contributed by atoms with Crippen LogP contribution in [0.1, 0.15) is 16.4 Å². The third kappa shape index (κ3) is 2.70. The summed E-state index contributed by atoms with van der Waals surface area (Å²) in [4.78, 5) is 4.51. The van der Waals surface area contributed by atoms with E-state index in [2.05, 4.69) is 22.4 Å². The van der Waals surface area contributed by atoms with E-state index in [0.29, 0.717) is 10.8 Å². The van der Waals surface area contributed by atoms with E-state index in [1.807, 2.05) is 24.3 Å². The van der Waals surface area contributed by atoms with Gasteiger partial charge in [-0.1, -0.05) is 48.2 Å². The van der Waals surface area contributed by atoms with Crippen molar-refractivity contribution >= 4 is 22.6 Å². The Kier molecular flexibility index (Phi) is 3.74. The molecule has 0 aliphatic carbocycles. The first-order valence-corrected chi connectivity index (χ1v) is 7.40. The predicted octanol–water partition coefficient (Wildman–Crippen LogP) is 4.39. The molecule has 0 fully saturated rings. The van der Waals surface area contributed by atoms with Gasteiger partial charge < -0.3 is 5.32 Å². The Morgan fingerprint density at radius 3 is 2.75 bits per heavy atom. The smallest absolute Gasteiger partial charge is 0.161 e. The molecule has 4 heteroatoms. The second kappa shape index (κ2) is 5.67. The molecule has 102 valence electrons. The summed E-state index contributed by atoms with van der Waals surface area (Å²) in [6.07, 6.45) is 0. The van der Waals surface area contributed by atoms with Crippen molar-refractivity contribution in [2.45, 2.75) is 12.2 Å². The van der Waals surface area contributed by atoms with Crippen molar-refractivity contribution in [3.63, 3.8) is 0 Å². The molecule has 20 heavy (non-hydrogen) atoms. The highest BCUT2D eigenvalue weighted by Gasteiger charge is 2.21. The Balaban J connectivity index is 1.70. The Morgan fingerprint density at radius 2 is 1.95 bits per heavy atom. The summed E-state index contributed by atoms with van der Waals surface area (Å²) in [5, 5.41) is 4.42. The van der Waals surface area contributed by atoms with Crippen molar-refractivity contribution < 1.29 is 4.39 Å². The first-order chi connectivity index (χ1) is 9.74. The van der Waals surface area contributed by atoms with Crippen molar-refractivity contribution in [3.8, 4) is 0 Å². The zero-order chi connectivity index (χ0) is 13.9. The van der Waals surface area contributed by atoms with Gasteiger partial charge in [-0.3, -0.25) is 4.99 Å². The lowest BCUT2D eigenvalue weighted by molar-refractivity contribution is 0.619. The molecule has 0 saturated heterocycles. The summed E-state index contributed by atoms with van der Waals surface area (Å²) in [7, 11) is 0. The number of nitrogens with zero attached hydrogens (tertiary/aromatic N) is 1. The van der Waals surface area contributed by atoms with Gasteiger partial charge in [-0.25, -0.2) is 4.39 Å². The van der Waals surface area contributed by atoms with Gasteiger partial charge in [0.15, 0.2) is 5.17 Å². The molecule has 0 bridgehead atoms. The third-order valence-electron chi connectivity index (χ3n) is 3.34. The number of halogens is 1. The fourth-order valence-electron chi connectivity index (χ4n) is 2.14. The summed E-state index contributed by atoms with van der Waals surface area (Å²) in [5.74, 6) is -0.196. The fraction of sp³-hybridized carbons (Fsp3) is 0.188. The summed E-state index contributed by atoms with van der Waals surface area (Å²) in [5.41, 5.74) is 2.68. The molecule has 2 aromatic carbocycles. The molecule has 3 rings (SSSR count). The van der Waals surface area contributed by atoms with Gasteiger partial charge in [-0.05, 0) is 24.6 Å². The van der Waals surface area contributed by atoms with E-state index >= 15 is 0 Å². The largest absolute Gasteiger partial charge is 0.335 e. The molecular weight excluding hydrogens is 271 g/mol. The van der Waals surface area contributed by atoms with Crippen LogP contribution in [0.2, 0.25) is 0 Å². The van der Waals surface area contributed by atoms with E-state index in [1.54, 1.807) is 24.8 Å². The van der Waals surface area contributed by atoms with Crippen LogP contribution in [0.5, 0.6) is 0 Å². The normalized spacial score (nSPS) is 17.9. The summed E-state index contributed by atoms with van der Waals surface area (Å²) in [6, 6.07) is 15.4. The minimum atomic E-state index is -0.196. The monoisotopic (exact) mass is 286 g/mol. The minimum Gasteiger partial charge on any atom is -0.335 e. The molecule has 0 aromatic heterocycles. The van der Waals surface area contributed by atoms with E-state index in [4.69, 9.17) is 0 Å². The molecule has 1 aliphatic rings. The Morgan fingerprint density at radius 1 is 1.15 bits per heavy atom. The Labute approximate surface area is 122 Å². The number of rotatable bonds is 2. The average molecular weight is 286 g/mol. The number of aliphatic imine (C=N–C) groups is 1. The third-order valence-corrected chi connectivity index (χ3v) is 4.50. The van der Waals surface area contributed by atoms with Crippen LogP contribution in [-0.2, 0) is 0 Å². The first kappa shape index (κ1) is 13.2. The van der Waals surface area contributed by atoms with Gasteiger partial charge in [-0.2, -0.15) is 0 Å². The fourth-order valence-corrected chi connectivity index (χ4v) is 3.17. The van der Waals surface area contributed by atoms with Crippen molar-refractivity contribution in [2.75, 3.05) is 11.9 Å². The van der Waals surface area contributed by atoms with Crippen LogP contribution in [0.25, 0.3) is 0 Å². The maximum atomic E-state index is 13.5. The number of nitrogens with one attached hydrogen (secondary N) is 1. The molecule has 1 atom stereocenters. The molecule has 1 N–H and O–H groups in total. The van der Waals surface area contributed by atoms with Crippen LogP contribution in [0, 0.1) is 12.7 Å². The van der Waals surface area contributed by atoms with Gasteiger partial charge in [0.25, 0.3) is 0 Å². The van der Waals surface area contributed by atoms with Gasteiger partial charge in [0, 0.05) is 11.3 Å². The van der Waals surface area contributed by atoms with Crippen LogP contribution in [-0.4, -0.2) is 11.7 Å². The molecule has 2 aromatic rings. The molecule has 0 radical (unpaired) electrons. The second-order valence-electron chi connectivity index (χ2n) is 4.70. The van der Waals surface area contributed by atoms with Crippen molar-refractivity contribution in [2.24, 2.45) is 4.99 Å². The summed E-state index contributed by atoms with van der Waals surface area (Å²) < 4.78 is 13.5. The van der Waals surface area contributed by atoms with E-state index in [-0.39, 0.29) is 5.82 Å². The van der Waals surface area contributed by atoms with Gasteiger partial charge >= 0.3 is 0 Å². The van der Waals surface area contributed by atoms with Crippen LogP contribution in [0.4, 0.5) is 10.1 Å². The lowest BCUT2D eigenvalue weighted by Gasteiger charge is -2.11. The van der Waals surface area contributed by atoms with Gasteiger partial charge in [0.1, 0.15) is 5.82 Å². The minimum absolute atomic E-state index is 0.196. The van der Waals surface area contributed by atoms with Crippen LogP contribution in [0.15, 0.2) is 53.5 Å².